The molecule has 1 aromatic heterocycles. The highest BCUT2D eigenvalue weighted by molar-refractivity contribution is 4.65. The van der Waals surface area contributed by atoms with Gasteiger partial charge in [0, 0.05) is 0 Å². The van der Waals surface area contributed by atoms with Crippen LogP contribution in [0, 0.1) is 0 Å². The molecule has 3 heteroatoms. The van der Waals surface area contributed by atoms with Crippen molar-refractivity contribution in [1.29, 1.82) is 0 Å². The quantitative estimate of drug-likeness (QED) is 0.449. The summed E-state index contributed by atoms with van der Waals surface area (Å²) in [5.74, 6) is 0. The van der Waals surface area contributed by atoms with E-state index in [1.807, 2.05) is 0 Å². The number of hydrogen-bond donors (Lipinski definition) is 0. The smallest absolute Gasteiger partial charge is 0.237 e. The van der Waals surface area contributed by atoms with E-state index in [1.54, 1.807) is 0 Å². The van der Waals surface area contributed by atoms with Gasteiger partial charge in [-0.3, -0.25) is 0 Å². The Bertz CT molecular complexity index is 188. The molecule has 0 saturated carbocycles. The minimum atomic E-state index is 0. The van der Waals surface area contributed by atoms with Crippen molar-refractivity contribution in [2.45, 2.75) is 39.8 Å². The summed E-state index contributed by atoms with van der Waals surface area (Å²) in [6.45, 7) is 6.67. The second kappa shape index (κ2) is 6.46. The van der Waals surface area contributed by atoms with Gasteiger partial charge in [-0.25, -0.2) is 9.13 Å². The molecular formula is C9H19IN2+2. The summed E-state index contributed by atoms with van der Waals surface area (Å²) in [5, 5.41) is 0. The standard InChI is InChI=1S/C9H17N2.H2I/c1-3-5-10-7-8-11(9-10)6-4-2;/h7-9H,3-6H2,1-2H3;1H2/q2*+1. The van der Waals surface area contributed by atoms with Crippen molar-refractivity contribution in [1.82, 2.24) is 4.57 Å². The Morgan fingerprint density at radius 1 is 1.25 bits per heavy atom. The Labute approximate surface area is 91.6 Å². The zero-order valence-electron chi connectivity index (χ0n) is 7.90. The van der Waals surface area contributed by atoms with Gasteiger partial charge in [-0.2, -0.15) is 0 Å². The van der Waals surface area contributed by atoms with E-state index in [-0.39, 0.29) is 24.0 Å². The fraction of sp³-hybridized carbons (Fsp3) is 0.667. The van der Waals surface area contributed by atoms with Crippen molar-refractivity contribution in [2.75, 3.05) is 0 Å². The van der Waals surface area contributed by atoms with E-state index in [1.165, 1.54) is 12.8 Å². The number of hydrogen-bond acceptors (Lipinski definition) is 0. The van der Waals surface area contributed by atoms with Crippen LogP contribution >= 0.6 is 0 Å². The largest absolute Gasteiger partial charge is 0.243 e. The van der Waals surface area contributed by atoms with Crippen LogP contribution in [0.3, 0.4) is 0 Å². The molecule has 0 spiro atoms. The number of nitrogens with zero attached hydrogens (tertiary/aromatic N) is 2. The van der Waals surface area contributed by atoms with Crippen LogP contribution in [0.25, 0.3) is 0 Å². The van der Waals surface area contributed by atoms with E-state index in [0.717, 1.165) is 13.1 Å². The molecule has 0 N–H and O–H groups in total. The highest BCUT2D eigenvalue weighted by atomic mass is 127. The number of aromatic nitrogens is 2. The lowest BCUT2D eigenvalue weighted by molar-refractivity contribution is -0.696. The number of aryl methyl sites for hydroxylation is 2. The first-order valence-corrected chi connectivity index (χ1v) is 4.41. The zero-order valence-corrected chi connectivity index (χ0v) is 10.5. The Morgan fingerprint density at radius 2 is 2.00 bits per heavy atom. The SMILES string of the molecule is CCCn1cc[n+](CCC)c1.[IH2+]. The zero-order chi connectivity index (χ0) is 8.10. The Kier molecular flexibility index (Phi) is 6.42. The summed E-state index contributed by atoms with van der Waals surface area (Å²) in [5.41, 5.74) is 0. The Morgan fingerprint density at radius 3 is 2.58 bits per heavy atom. The molecule has 1 aromatic rings. The van der Waals surface area contributed by atoms with Gasteiger partial charge in [-0.15, -0.1) is 0 Å². The van der Waals surface area contributed by atoms with Crippen LogP contribution < -0.4 is 28.5 Å². The maximum absolute atomic E-state index is 2.23. The molecule has 0 bridgehead atoms. The summed E-state index contributed by atoms with van der Waals surface area (Å²) >= 11 is 0. The topological polar surface area (TPSA) is 8.81 Å². The highest BCUT2D eigenvalue weighted by Gasteiger charge is 1.99. The third-order valence-electron chi connectivity index (χ3n) is 1.71. The van der Waals surface area contributed by atoms with Crippen LogP contribution in [0.4, 0.5) is 0 Å². The predicted molar refractivity (Wildman–Crippen MR) is 48.0 cm³/mol. The number of imidazole rings is 1. The van der Waals surface area contributed by atoms with Crippen LogP contribution in [0.2, 0.25) is 0 Å². The minimum Gasteiger partial charge on any atom is -0.237 e. The third-order valence-corrected chi connectivity index (χ3v) is 1.71. The van der Waals surface area contributed by atoms with Crippen LogP contribution in [-0.2, 0) is 13.1 Å². The van der Waals surface area contributed by atoms with E-state index in [2.05, 4.69) is 41.7 Å². The van der Waals surface area contributed by atoms with Gasteiger partial charge in [0.15, 0.2) is 0 Å². The number of halogens is 1. The summed E-state index contributed by atoms with van der Waals surface area (Å²) < 4.78 is 4.46. The van der Waals surface area contributed by atoms with Gasteiger partial charge in [0.25, 0.3) is 0 Å². The third kappa shape index (κ3) is 3.56. The van der Waals surface area contributed by atoms with E-state index in [4.69, 9.17) is 0 Å². The predicted octanol–water partition coefficient (Wildman–Crippen LogP) is -1.94. The summed E-state index contributed by atoms with van der Waals surface area (Å²) in [6.07, 6.45) is 8.87. The molecule has 2 nitrogen and oxygen atoms in total. The van der Waals surface area contributed by atoms with E-state index in [0.29, 0.717) is 0 Å². The van der Waals surface area contributed by atoms with Gasteiger partial charge in [-0.1, -0.05) is 13.8 Å². The summed E-state index contributed by atoms with van der Waals surface area (Å²) in [4.78, 5) is 0. The Balaban J connectivity index is 0.00000121. The molecule has 1 rings (SSSR count). The van der Waals surface area contributed by atoms with Crippen LogP contribution in [-0.4, -0.2) is 4.57 Å². The lowest BCUT2D eigenvalue weighted by Gasteiger charge is -1.90. The fourth-order valence-corrected chi connectivity index (χ4v) is 1.22. The van der Waals surface area contributed by atoms with Crippen molar-refractivity contribution in [3.63, 3.8) is 0 Å². The average molecular weight is 282 g/mol. The van der Waals surface area contributed by atoms with Gasteiger partial charge in [0.2, 0.25) is 30.3 Å². The van der Waals surface area contributed by atoms with E-state index in [9.17, 15) is 0 Å². The molecule has 0 unspecified atom stereocenters. The van der Waals surface area contributed by atoms with E-state index >= 15 is 0 Å². The van der Waals surface area contributed by atoms with Crippen molar-refractivity contribution in [3.8, 4) is 0 Å². The molecule has 0 fully saturated rings. The van der Waals surface area contributed by atoms with Crippen molar-refractivity contribution in [3.05, 3.63) is 18.7 Å². The molecule has 0 saturated heterocycles. The lowest BCUT2D eigenvalue weighted by atomic mass is 10.5. The van der Waals surface area contributed by atoms with Crippen molar-refractivity contribution in [2.24, 2.45) is 0 Å². The molecule has 12 heavy (non-hydrogen) atoms. The Hall–Kier alpha value is -0.0600. The maximum atomic E-state index is 2.23. The molecule has 70 valence electrons. The fourth-order valence-electron chi connectivity index (χ4n) is 1.22. The average Bonchev–Trinajstić information content (AvgIpc) is 2.38. The maximum Gasteiger partial charge on any atom is 0.243 e. The second-order valence-corrected chi connectivity index (χ2v) is 2.89. The van der Waals surface area contributed by atoms with Gasteiger partial charge in [-0.05, 0) is 12.8 Å². The first-order chi connectivity index (χ1) is 5.36. The highest BCUT2D eigenvalue weighted by Crippen LogP contribution is 1.88. The van der Waals surface area contributed by atoms with E-state index < -0.39 is 0 Å². The van der Waals surface area contributed by atoms with Crippen LogP contribution in [0.1, 0.15) is 26.7 Å². The molecule has 0 amide bonds. The lowest BCUT2D eigenvalue weighted by Crippen LogP contribution is -3.00. The van der Waals surface area contributed by atoms with Gasteiger partial charge >= 0.3 is 0 Å². The normalized spacial score (nSPS) is 9.50. The first-order valence-electron chi connectivity index (χ1n) is 4.41. The number of rotatable bonds is 4. The monoisotopic (exact) mass is 282 g/mol. The van der Waals surface area contributed by atoms with Crippen molar-refractivity contribution < 1.29 is 28.5 Å². The van der Waals surface area contributed by atoms with Crippen LogP contribution in [0.5, 0.6) is 0 Å². The molecule has 0 aliphatic heterocycles. The molecule has 0 atom stereocenters. The molecule has 1 heterocycles. The van der Waals surface area contributed by atoms with Gasteiger partial charge in [0.1, 0.15) is 12.4 Å². The summed E-state index contributed by atoms with van der Waals surface area (Å²) in [7, 11) is 0. The van der Waals surface area contributed by atoms with Gasteiger partial charge < -0.3 is 0 Å². The molecule has 0 aliphatic rings. The second-order valence-electron chi connectivity index (χ2n) is 2.89. The van der Waals surface area contributed by atoms with Gasteiger partial charge in [0.05, 0.1) is 13.1 Å². The minimum absolute atomic E-state index is 0. The van der Waals surface area contributed by atoms with Crippen molar-refractivity contribution >= 4 is 0 Å². The molecule has 0 aromatic carbocycles. The molecular weight excluding hydrogens is 263 g/mol. The summed E-state index contributed by atoms with van der Waals surface area (Å²) in [6, 6.07) is 0. The first kappa shape index (κ1) is 11.9. The van der Waals surface area contributed by atoms with Crippen LogP contribution in [0.15, 0.2) is 18.7 Å². The molecule has 0 radical (unpaired) electrons. The molecule has 0 aliphatic carbocycles.